The van der Waals surface area contributed by atoms with Crippen LogP contribution in [-0.4, -0.2) is 22.6 Å². The molecule has 0 aliphatic carbocycles. The number of aromatic nitrogens is 1. The second-order valence-electron chi connectivity index (χ2n) is 4.90. The third-order valence-corrected chi connectivity index (χ3v) is 2.38. The lowest BCUT2D eigenvalue weighted by Crippen LogP contribution is -2.11. The lowest BCUT2D eigenvalue weighted by atomic mass is 10.1. The fourth-order valence-corrected chi connectivity index (χ4v) is 1.37. The van der Waals surface area contributed by atoms with Crippen molar-refractivity contribution in [2.75, 3.05) is 11.9 Å². The smallest absolute Gasteiger partial charge is 0.335 e. The summed E-state index contributed by atoms with van der Waals surface area (Å²) in [6, 6.07) is 3.21. The molecule has 0 aromatic carbocycles. The summed E-state index contributed by atoms with van der Waals surface area (Å²) in [7, 11) is 0. The molecule has 1 heterocycles. The first-order valence-corrected chi connectivity index (χ1v) is 5.89. The number of carboxylic acid groups (broad SMARTS) is 1. The van der Waals surface area contributed by atoms with Crippen molar-refractivity contribution in [2.24, 2.45) is 5.92 Å². The molecule has 2 N–H and O–H groups in total. The van der Waals surface area contributed by atoms with Crippen LogP contribution in [0.25, 0.3) is 0 Å². The summed E-state index contributed by atoms with van der Waals surface area (Å²) in [5.74, 6) is 0.436. The molecular formula is C13H20N2O2. The van der Waals surface area contributed by atoms with E-state index in [-0.39, 0.29) is 11.5 Å². The van der Waals surface area contributed by atoms with Gasteiger partial charge in [-0.3, -0.25) is 0 Å². The van der Waals surface area contributed by atoms with Gasteiger partial charge in [-0.25, -0.2) is 9.78 Å². The van der Waals surface area contributed by atoms with Crippen molar-refractivity contribution < 1.29 is 9.90 Å². The highest BCUT2D eigenvalue weighted by Gasteiger charge is 2.10. The zero-order valence-electron chi connectivity index (χ0n) is 10.8. The number of hydrogen-bond donors (Lipinski definition) is 2. The first-order valence-electron chi connectivity index (χ1n) is 5.89. The van der Waals surface area contributed by atoms with Crippen LogP contribution in [0, 0.1) is 5.92 Å². The second kappa shape index (κ2) is 5.66. The van der Waals surface area contributed by atoms with Crippen LogP contribution in [0.2, 0.25) is 0 Å². The number of hydrogen-bond acceptors (Lipinski definition) is 3. The molecule has 0 radical (unpaired) electrons. The molecule has 0 bridgehead atoms. The number of nitrogens with one attached hydrogen (secondary N) is 1. The zero-order chi connectivity index (χ0) is 13.0. The van der Waals surface area contributed by atoms with E-state index in [2.05, 4.69) is 24.1 Å². The van der Waals surface area contributed by atoms with E-state index in [4.69, 9.17) is 5.11 Å². The molecule has 0 saturated heterocycles. The maximum atomic E-state index is 11.0. The molecule has 0 spiro atoms. The van der Waals surface area contributed by atoms with E-state index in [9.17, 15) is 4.79 Å². The number of nitrogens with zero attached hydrogens (tertiary/aromatic N) is 1. The standard InChI is InChI=1S/C13H20N2O2/c1-8(2)7-14-12-6-10(13(16)17)5-11(15-12)9(3)4/h5-6,8-9H,7H2,1-4H3,(H,14,15)(H,16,17). The van der Waals surface area contributed by atoms with Gasteiger partial charge in [-0.1, -0.05) is 27.7 Å². The molecular weight excluding hydrogens is 216 g/mol. The molecule has 0 saturated carbocycles. The molecule has 0 amide bonds. The topological polar surface area (TPSA) is 62.2 Å². The van der Waals surface area contributed by atoms with Gasteiger partial charge in [0, 0.05) is 12.2 Å². The van der Waals surface area contributed by atoms with Crippen LogP contribution in [0.1, 0.15) is 49.7 Å². The molecule has 94 valence electrons. The van der Waals surface area contributed by atoms with E-state index >= 15 is 0 Å². The van der Waals surface area contributed by atoms with Gasteiger partial charge < -0.3 is 10.4 Å². The monoisotopic (exact) mass is 236 g/mol. The van der Waals surface area contributed by atoms with Gasteiger partial charge in [-0.15, -0.1) is 0 Å². The van der Waals surface area contributed by atoms with Gasteiger partial charge in [-0.05, 0) is 24.0 Å². The van der Waals surface area contributed by atoms with Crippen molar-refractivity contribution in [3.05, 3.63) is 23.4 Å². The van der Waals surface area contributed by atoms with E-state index in [0.717, 1.165) is 12.2 Å². The van der Waals surface area contributed by atoms with Gasteiger partial charge in [0.2, 0.25) is 0 Å². The normalized spacial score (nSPS) is 10.9. The lowest BCUT2D eigenvalue weighted by Gasteiger charge is -2.12. The van der Waals surface area contributed by atoms with Gasteiger partial charge in [0.15, 0.2) is 0 Å². The Hall–Kier alpha value is -1.58. The first-order chi connectivity index (χ1) is 7.90. The van der Waals surface area contributed by atoms with Gasteiger partial charge in [0.25, 0.3) is 0 Å². The highest BCUT2D eigenvalue weighted by Crippen LogP contribution is 2.17. The SMILES string of the molecule is CC(C)CNc1cc(C(=O)O)cc(C(C)C)n1. The Balaban J connectivity index is 2.99. The molecule has 4 nitrogen and oxygen atoms in total. The predicted molar refractivity (Wildman–Crippen MR) is 68.6 cm³/mol. The number of pyridine rings is 1. The third-order valence-electron chi connectivity index (χ3n) is 2.38. The fraction of sp³-hybridized carbons (Fsp3) is 0.538. The zero-order valence-corrected chi connectivity index (χ0v) is 10.8. The van der Waals surface area contributed by atoms with Crippen LogP contribution in [0.4, 0.5) is 5.82 Å². The summed E-state index contributed by atoms with van der Waals surface area (Å²) in [6.45, 7) is 8.97. The molecule has 0 aliphatic heterocycles. The molecule has 4 heteroatoms. The van der Waals surface area contributed by atoms with Gasteiger partial charge >= 0.3 is 5.97 Å². The number of carbonyl (C=O) groups is 1. The van der Waals surface area contributed by atoms with Crippen molar-refractivity contribution in [2.45, 2.75) is 33.6 Å². The quantitative estimate of drug-likeness (QED) is 0.825. The van der Waals surface area contributed by atoms with Gasteiger partial charge in [0.05, 0.1) is 5.56 Å². The Morgan fingerprint density at radius 3 is 2.47 bits per heavy atom. The van der Waals surface area contributed by atoms with E-state index in [1.54, 1.807) is 12.1 Å². The Morgan fingerprint density at radius 1 is 1.35 bits per heavy atom. The van der Waals surface area contributed by atoms with Crippen LogP contribution in [0.5, 0.6) is 0 Å². The van der Waals surface area contributed by atoms with Crippen LogP contribution in [0.3, 0.4) is 0 Å². The largest absolute Gasteiger partial charge is 0.478 e. The van der Waals surface area contributed by atoms with Crippen molar-refractivity contribution in [1.82, 2.24) is 4.98 Å². The third kappa shape index (κ3) is 4.06. The molecule has 0 atom stereocenters. The molecule has 0 aliphatic rings. The van der Waals surface area contributed by atoms with E-state index < -0.39 is 5.97 Å². The average molecular weight is 236 g/mol. The number of rotatable bonds is 5. The Morgan fingerprint density at radius 2 is 2.00 bits per heavy atom. The summed E-state index contributed by atoms with van der Waals surface area (Å²) in [6.07, 6.45) is 0. The first kappa shape index (κ1) is 13.5. The molecule has 1 aromatic rings. The minimum atomic E-state index is -0.915. The lowest BCUT2D eigenvalue weighted by molar-refractivity contribution is 0.0696. The minimum absolute atomic E-state index is 0.217. The second-order valence-corrected chi connectivity index (χ2v) is 4.90. The summed E-state index contributed by atoms with van der Waals surface area (Å²) in [5.41, 5.74) is 1.09. The number of carboxylic acids is 1. The van der Waals surface area contributed by atoms with Crippen molar-refractivity contribution in [1.29, 1.82) is 0 Å². The average Bonchev–Trinajstić information content (AvgIpc) is 2.25. The van der Waals surface area contributed by atoms with Gasteiger partial charge in [0.1, 0.15) is 5.82 Å². The molecule has 17 heavy (non-hydrogen) atoms. The Bertz CT molecular complexity index is 400. The number of aromatic carboxylic acids is 1. The van der Waals surface area contributed by atoms with Crippen LogP contribution < -0.4 is 5.32 Å². The van der Waals surface area contributed by atoms with Crippen LogP contribution in [0.15, 0.2) is 12.1 Å². The maximum absolute atomic E-state index is 11.0. The van der Waals surface area contributed by atoms with Gasteiger partial charge in [-0.2, -0.15) is 0 Å². The highest BCUT2D eigenvalue weighted by molar-refractivity contribution is 5.88. The van der Waals surface area contributed by atoms with Crippen molar-refractivity contribution in [3.8, 4) is 0 Å². The Kier molecular flexibility index (Phi) is 4.49. The Labute approximate surface area is 102 Å². The van der Waals surface area contributed by atoms with Crippen molar-refractivity contribution >= 4 is 11.8 Å². The summed E-state index contributed by atoms with van der Waals surface area (Å²) < 4.78 is 0. The van der Waals surface area contributed by atoms with Crippen LogP contribution in [-0.2, 0) is 0 Å². The molecule has 0 unspecified atom stereocenters. The summed E-state index contributed by atoms with van der Waals surface area (Å²) >= 11 is 0. The minimum Gasteiger partial charge on any atom is -0.478 e. The fourth-order valence-electron chi connectivity index (χ4n) is 1.37. The van der Waals surface area contributed by atoms with Crippen LogP contribution >= 0.6 is 0 Å². The summed E-state index contributed by atoms with van der Waals surface area (Å²) in [5, 5.41) is 12.2. The van der Waals surface area contributed by atoms with E-state index in [1.807, 2.05) is 13.8 Å². The van der Waals surface area contributed by atoms with Crippen molar-refractivity contribution in [3.63, 3.8) is 0 Å². The van der Waals surface area contributed by atoms with E-state index in [1.165, 1.54) is 0 Å². The maximum Gasteiger partial charge on any atom is 0.335 e. The molecule has 0 fully saturated rings. The predicted octanol–water partition coefficient (Wildman–Crippen LogP) is 2.97. The molecule has 1 aromatic heterocycles. The highest BCUT2D eigenvalue weighted by atomic mass is 16.4. The summed E-state index contributed by atoms with van der Waals surface area (Å²) in [4.78, 5) is 15.4. The number of anilines is 1. The molecule has 1 rings (SSSR count). The van der Waals surface area contributed by atoms with E-state index in [0.29, 0.717) is 11.7 Å².